The van der Waals surface area contributed by atoms with E-state index in [2.05, 4.69) is 4.98 Å². The molecule has 1 fully saturated rings. The fourth-order valence-electron chi connectivity index (χ4n) is 2.43. The predicted octanol–water partition coefficient (Wildman–Crippen LogP) is 3.74. The van der Waals surface area contributed by atoms with Gasteiger partial charge in [-0.15, -0.1) is 0 Å². The molecule has 0 spiro atoms. The average Bonchev–Trinajstić information content (AvgIpc) is 2.86. The standard InChI is InChI=1S/C15H20F2N2O2/c1-15(2,3)21-14(20)19-8-6-10(9-19)12-11(13(16)17)5-4-7-18-12/h4-5,7,10,13H,6,8-9H2,1-3H3. The van der Waals surface area contributed by atoms with E-state index in [9.17, 15) is 13.6 Å². The Kier molecular flexibility index (Phi) is 4.44. The van der Waals surface area contributed by atoms with Crippen LogP contribution in [0.3, 0.4) is 0 Å². The molecule has 0 aliphatic carbocycles. The van der Waals surface area contributed by atoms with Crippen molar-refractivity contribution in [2.75, 3.05) is 13.1 Å². The van der Waals surface area contributed by atoms with Gasteiger partial charge in [0.2, 0.25) is 0 Å². The van der Waals surface area contributed by atoms with Crippen molar-refractivity contribution in [3.05, 3.63) is 29.6 Å². The summed E-state index contributed by atoms with van der Waals surface area (Å²) in [6, 6.07) is 2.90. The first-order valence-corrected chi connectivity index (χ1v) is 6.99. The molecule has 2 heterocycles. The molecule has 1 amide bonds. The molecule has 21 heavy (non-hydrogen) atoms. The molecule has 0 saturated carbocycles. The number of nitrogens with zero attached hydrogens (tertiary/aromatic N) is 2. The number of carbonyl (C=O) groups excluding carboxylic acids is 1. The maximum Gasteiger partial charge on any atom is 0.410 e. The van der Waals surface area contributed by atoms with Gasteiger partial charge in [-0.3, -0.25) is 4.98 Å². The van der Waals surface area contributed by atoms with Crippen molar-refractivity contribution >= 4 is 6.09 Å². The third-order valence-electron chi connectivity index (χ3n) is 3.33. The molecular formula is C15H20F2N2O2. The van der Waals surface area contributed by atoms with Gasteiger partial charge in [0.1, 0.15) is 5.60 Å². The third kappa shape index (κ3) is 3.89. The lowest BCUT2D eigenvalue weighted by Gasteiger charge is -2.24. The van der Waals surface area contributed by atoms with E-state index >= 15 is 0 Å². The first-order chi connectivity index (χ1) is 9.78. The average molecular weight is 298 g/mol. The van der Waals surface area contributed by atoms with E-state index < -0.39 is 18.1 Å². The van der Waals surface area contributed by atoms with Gasteiger partial charge in [-0.25, -0.2) is 13.6 Å². The lowest BCUT2D eigenvalue weighted by Crippen LogP contribution is -2.35. The summed E-state index contributed by atoms with van der Waals surface area (Å²) < 4.78 is 31.3. The predicted molar refractivity (Wildman–Crippen MR) is 74.4 cm³/mol. The summed E-state index contributed by atoms with van der Waals surface area (Å²) in [5.41, 5.74) is -0.221. The molecule has 4 nitrogen and oxygen atoms in total. The SMILES string of the molecule is CC(C)(C)OC(=O)N1CCC(c2ncccc2C(F)F)C1. The summed E-state index contributed by atoms with van der Waals surface area (Å²) in [6.07, 6.45) is -0.823. The molecule has 0 aromatic carbocycles. The normalized spacial score (nSPS) is 19.1. The number of halogens is 2. The summed E-state index contributed by atoms with van der Waals surface area (Å²) in [5.74, 6) is -0.164. The molecule has 116 valence electrons. The molecule has 6 heteroatoms. The smallest absolute Gasteiger partial charge is 0.410 e. The van der Waals surface area contributed by atoms with Crippen molar-refractivity contribution in [1.29, 1.82) is 0 Å². The monoisotopic (exact) mass is 298 g/mol. The van der Waals surface area contributed by atoms with Crippen molar-refractivity contribution in [3.63, 3.8) is 0 Å². The topological polar surface area (TPSA) is 42.4 Å². The number of aromatic nitrogens is 1. The summed E-state index contributed by atoms with van der Waals surface area (Å²) in [7, 11) is 0. The van der Waals surface area contributed by atoms with Crippen LogP contribution in [0.2, 0.25) is 0 Å². The highest BCUT2D eigenvalue weighted by molar-refractivity contribution is 5.68. The Labute approximate surface area is 123 Å². The van der Waals surface area contributed by atoms with Crippen molar-refractivity contribution in [3.8, 4) is 0 Å². The van der Waals surface area contributed by atoms with Gasteiger partial charge in [-0.05, 0) is 39.3 Å². The summed E-state index contributed by atoms with van der Waals surface area (Å²) in [6.45, 7) is 6.26. The number of hydrogen-bond acceptors (Lipinski definition) is 3. The minimum atomic E-state index is -2.55. The molecule has 0 N–H and O–H groups in total. The molecule has 1 unspecified atom stereocenters. The maximum absolute atomic E-state index is 13.0. The van der Waals surface area contributed by atoms with E-state index in [1.54, 1.807) is 25.7 Å². The van der Waals surface area contributed by atoms with Gasteiger partial charge in [0.25, 0.3) is 6.43 Å². The number of alkyl halides is 2. The van der Waals surface area contributed by atoms with Gasteiger partial charge in [0, 0.05) is 30.8 Å². The molecule has 2 rings (SSSR count). The summed E-state index contributed by atoms with van der Waals surface area (Å²) in [4.78, 5) is 17.6. The van der Waals surface area contributed by atoms with Gasteiger partial charge in [-0.1, -0.05) is 0 Å². The minimum absolute atomic E-state index is 0.0476. The van der Waals surface area contributed by atoms with Crippen LogP contribution >= 0.6 is 0 Å². The Morgan fingerprint density at radius 2 is 2.19 bits per heavy atom. The van der Waals surface area contributed by atoms with Crippen LogP contribution < -0.4 is 0 Å². The van der Waals surface area contributed by atoms with Gasteiger partial charge in [0.15, 0.2) is 0 Å². The number of pyridine rings is 1. The molecule has 1 aromatic rings. The zero-order valence-corrected chi connectivity index (χ0v) is 12.5. The fraction of sp³-hybridized carbons (Fsp3) is 0.600. The molecule has 1 aromatic heterocycles. The maximum atomic E-state index is 13.0. The molecule has 0 radical (unpaired) electrons. The summed E-state index contributed by atoms with van der Waals surface area (Å²) in [5, 5.41) is 0. The lowest BCUT2D eigenvalue weighted by molar-refractivity contribution is 0.0292. The zero-order valence-electron chi connectivity index (χ0n) is 12.5. The number of hydrogen-bond donors (Lipinski definition) is 0. The molecule has 1 saturated heterocycles. The van der Waals surface area contributed by atoms with Gasteiger partial charge >= 0.3 is 6.09 Å². The molecule has 1 atom stereocenters. The van der Waals surface area contributed by atoms with Crippen LogP contribution in [0.1, 0.15) is 50.8 Å². The van der Waals surface area contributed by atoms with Crippen LogP contribution in [0.4, 0.5) is 13.6 Å². The Bertz CT molecular complexity index is 515. The van der Waals surface area contributed by atoms with Crippen LogP contribution in [-0.2, 0) is 4.74 Å². The number of rotatable bonds is 2. The van der Waals surface area contributed by atoms with E-state index in [0.717, 1.165) is 0 Å². The highest BCUT2D eigenvalue weighted by Gasteiger charge is 2.33. The second kappa shape index (κ2) is 5.95. The Morgan fingerprint density at radius 3 is 2.81 bits per heavy atom. The number of carbonyl (C=O) groups is 1. The van der Waals surface area contributed by atoms with Gasteiger partial charge in [0.05, 0.1) is 5.69 Å². The quantitative estimate of drug-likeness (QED) is 0.835. The van der Waals surface area contributed by atoms with Crippen LogP contribution in [0.25, 0.3) is 0 Å². The molecule has 1 aliphatic heterocycles. The van der Waals surface area contributed by atoms with Crippen molar-refractivity contribution in [2.45, 2.75) is 45.1 Å². The zero-order chi connectivity index (χ0) is 15.6. The van der Waals surface area contributed by atoms with E-state index in [4.69, 9.17) is 4.74 Å². The van der Waals surface area contributed by atoms with E-state index in [1.807, 2.05) is 0 Å². The number of likely N-dealkylation sites (tertiary alicyclic amines) is 1. The summed E-state index contributed by atoms with van der Waals surface area (Å²) >= 11 is 0. The molecule has 0 bridgehead atoms. The number of amides is 1. The van der Waals surface area contributed by atoms with Gasteiger partial charge < -0.3 is 9.64 Å². The molecular weight excluding hydrogens is 278 g/mol. The van der Waals surface area contributed by atoms with E-state index in [-0.39, 0.29) is 11.5 Å². The molecule has 1 aliphatic rings. The number of ether oxygens (including phenoxy) is 1. The Morgan fingerprint density at radius 1 is 1.48 bits per heavy atom. The van der Waals surface area contributed by atoms with E-state index in [0.29, 0.717) is 25.2 Å². The van der Waals surface area contributed by atoms with Crippen molar-refractivity contribution in [2.24, 2.45) is 0 Å². The second-order valence-corrected chi connectivity index (χ2v) is 6.19. The van der Waals surface area contributed by atoms with Crippen LogP contribution in [0.5, 0.6) is 0 Å². The Hall–Kier alpha value is -1.72. The largest absolute Gasteiger partial charge is 0.444 e. The second-order valence-electron chi connectivity index (χ2n) is 6.19. The first kappa shape index (κ1) is 15.7. The van der Waals surface area contributed by atoms with E-state index in [1.165, 1.54) is 18.3 Å². The van der Waals surface area contributed by atoms with Crippen LogP contribution in [-0.4, -0.2) is 34.7 Å². The highest BCUT2D eigenvalue weighted by atomic mass is 19.3. The third-order valence-corrected chi connectivity index (χ3v) is 3.33. The highest BCUT2D eigenvalue weighted by Crippen LogP contribution is 2.32. The lowest BCUT2D eigenvalue weighted by atomic mass is 9.99. The van der Waals surface area contributed by atoms with Gasteiger partial charge in [-0.2, -0.15) is 0 Å². The fourth-order valence-corrected chi connectivity index (χ4v) is 2.43. The van der Waals surface area contributed by atoms with Crippen LogP contribution in [0.15, 0.2) is 18.3 Å². The van der Waals surface area contributed by atoms with Crippen molar-refractivity contribution < 1.29 is 18.3 Å². The minimum Gasteiger partial charge on any atom is -0.444 e. The first-order valence-electron chi connectivity index (χ1n) is 6.99. The van der Waals surface area contributed by atoms with Crippen LogP contribution in [0, 0.1) is 0 Å². The van der Waals surface area contributed by atoms with Crippen molar-refractivity contribution in [1.82, 2.24) is 9.88 Å². The Balaban J connectivity index is 2.08.